The van der Waals surface area contributed by atoms with Crippen molar-refractivity contribution in [1.82, 2.24) is 10.6 Å². The summed E-state index contributed by atoms with van der Waals surface area (Å²) in [5.41, 5.74) is 0. The summed E-state index contributed by atoms with van der Waals surface area (Å²) in [5.74, 6) is 0. The van der Waals surface area contributed by atoms with E-state index in [9.17, 15) is 0 Å². The normalized spacial score (nSPS) is 13.2. The average molecular weight is 263 g/mol. The van der Waals surface area contributed by atoms with Gasteiger partial charge in [0.15, 0.2) is 0 Å². The van der Waals surface area contributed by atoms with Crippen molar-refractivity contribution in [2.75, 3.05) is 13.6 Å². The fourth-order valence-electron chi connectivity index (χ4n) is 0.960. The molecule has 13 heavy (non-hydrogen) atoms. The van der Waals surface area contributed by atoms with E-state index in [2.05, 4.69) is 44.9 Å². The van der Waals surface area contributed by atoms with E-state index < -0.39 is 0 Å². The van der Waals surface area contributed by atoms with Crippen LogP contribution in [0.15, 0.2) is 15.9 Å². The lowest BCUT2D eigenvalue weighted by atomic mass is 10.3. The monoisotopic (exact) mass is 262 g/mol. The molecule has 0 saturated heterocycles. The molecule has 0 aliphatic heterocycles. The van der Waals surface area contributed by atoms with Gasteiger partial charge in [-0.2, -0.15) is 0 Å². The van der Waals surface area contributed by atoms with Crippen LogP contribution in [0.3, 0.4) is 0 Å². The van der Waals surface area contributed by atoms with Gasteiger partial charge in [-0.1, -0.05) is 0 Å². The molecule has 0 aromatic carbocycles. The maximum absolute atomic E-state index is 3.44. The molecule has 1 atom stereocenters. The average Bonchev–Trinajstić information content (AvgIpc) is 2.51. The Morgan fingerprint density at radius 1 is 1.62 bits per heavy atom. The van der Waals surface area contributed by atoms with E-state index in [4.69, 9.17) is 0 Å². The van der Waals surface area contributed by atoms with Crippen molar-refractivity contribution < 1.29 is 0 Å². The van der Waals surface area contributed by atoms with Gasteiger partial charge >= 0.3 is 0 Å². The van der Waals surface area contributed by atoms with Crippen molar-refractivity contribution in [2.24, 2.45) is 0 Å². The topological polar surface area (TPSA) is 24.1 Å². The molecule has 4 heteroatoms. The summed E-state index contributed by atoms with van der Waals surface area (Å²) in [6.45, 7) is 4.13. The maximum Gasteiger partial charge on any atom is 0.0300 e. The predicted octanol–water partition coefficient (Wildman–Crippen LogP) is 2.21. The number of thiophene rings is 1. The van der Waals surface area contributed by atoms with E-state index >= 15 is 0 Å². The minimum Gasteiger partial charge on any atom is -0.316 e. The van der Waals surface area contributed by atoms with Gasteiger partial charge < -0.3 is 10.6 Å². The molecule has 2 N–H and O–H groups in total. The Kier molecular flexibility index (Phi) is 4.94. The van der Waals surface area contributed by atoms with Gasteiger partial charge in [-0.05, 0) is 36.0 Å². The minimum absolute atomic E-state index is 0.531. The first-order valence-electron chi connectivity index (χ1n) is 4.33. The zero-order valence-corrected chi connectivity index (χ0v) is 10.3. The van der Waals surface area contributed by atoms with Gasteiger partial charge in [-0.15, -0.1) is 11.3 Å². The number of nitrogens with one attached hydrogen (secondary N) is 2. The lowest BCUT2D eigenvalue weighted by Crippen LogP contribution is -2.33. The van der Waals surface area contributed by atoms with E-state index in [1.54, 1.807) is 11.3 Å². The maximum atomic E-state index is 3.44. The number of likely N-dealkylation sites (N-methyl/N-ethyl adjacent to an activating group) is 1. The summed E-state index contributed by atoms with van der Waals surface area (Å²) < 4.78 is 1.18. The van der Waals surface area contributed by atoms with Crippen LogP contribution >= 0.6 is 27.3 Å². The van der Waals surface area contributed by atoms with Crippen LogP contribution in [0.1, 0.15) is 11.8 Å². The fraction of sp³-hybridized carbons (Fsp3) is 0.556. The first-order chi connectivity index (χ1) is 6.22. The summed E-state index contributed by atoms with van der Waals surface area (Å²) in [6, 6.07) is 2.69. The molecule has 0 spiro atoms. The van der Waals surface area contributed by atoms with Crippen molar-refractivity contribution >= 4 is 27.3 Å². The van der Waals surface area contributed by atoms with Gasteiger partial charge in [0.05, 0.1) is 0 Å². The van der Waals surface area contributed by atoms with Crippen LogP contribution in [-0.2, 0) is 6.54 Å². The Balaban J connectivity index is 2.20. The summed E-state index contributed by atoms with van der Waals surface area (Å²) in [7, 11) is 1.98. The van der Waals surface area contributed by atoms with Crippen molar-refractivity contribution in [2.45, 2.75) is 19.5 Å². The number of hydrogen-bond donors (Lipinski definition) is 2. The predicted molar refractivity (Wildman–Crippen MR) is 62.2 cm³/mol. The van der Waals surface area contributed by atoms with Gasteiger partial charge in [0.2, 0.25) is 0 Å². The zero-order valence-electron chi connectivity index (χ0n) is 7.93. The second kappa shape index (κ2) is 5.75. The molecule has 0 saturated carbocycles. The molecule has 0 aliphatic rings. The minimum atomic E-state index is 0.531. The van der Waals surface area contributed by atoms with E-state index in [0.29, 0.717) is 6.04 Å². The SMILES string of the molecule is CNC(C)CNCc1cc(Br)cs1. The number of rotatable bonds is 5. The molecule has 1 heterocycles. The Bertz CT molecular complexity index is 250. The van der Waals surface area contributed by atoms with Crippen LogP contribution in [0.2, 0.25) is 0 Å². The number of halogens is 1. The molecular weight excluding hydrogens is 248 g/mol. The molecular formula is C9H15BrN2S. The first kappa shape index (κ1) is 11.2. The molecule has 1 aromatic rings. The van der Waals surface area contributed by atoms with Gasteiger partial charge in [-0.25, -0.2) is 0 Å². The Morgan fingerprint density at radius 2 is 2.38 bits per heavy atom. The molecule has 0 aliphatic carbocycles. The standard InChI is InChI=1S/C9H15BrN2S/c1-7(11-2)4-12-5-9-3-8(10)6-13-9/h3,6-7,11-12H,4-5H2,1-2H3. The Hall–Kier alpha value is 0.1000. The lowest BCUT2D eigenvalue weighted by molar-refractivity contribution is 0.543. The molecule has 0 radical (unpaired) electrons. The van der Waals surface area contributed by atoms with Gasteiger partial charge in [-0.3, -0.25) is 0 Å². The van der Waals surface area contributed by atoms with Gasteiger partial charge in [0.25, 0.3) is 0 Å². The third-order valence-electron chi connectivity index (χ3n) is 1.86. The zero-order chi connectivity index (χ0) is 9.68. The highest BCUT2D eigenvalue weighted by molar-refractivity contribution is 9.10. The molecule has 1 rings (SSSR count). The molecule has 2 nitrogen and oxygen atoms in total. The van der Waals surface area contributed by atoms with Crippen molar-refractivity contribution in [3.05, 3.63) is 20.8 Å². The van der Waals surface area contributed by atoms with Crippen LogP contribution in [0, 0.1) is 0 Å². The molecule has 74 valence electrons. The second-order valence-corrected chi connectivity index (χ2v) is 4.96. The van der Waals surface area contributed by atoms with Crippen LogP contribution < -0.4 is 10.6 Å². The van der Waals surface area contributed by atoms with Crippen molar-refractivity contribution in [3.63, 3.8) is 0 Å². The second-order valence-electron chi connectivity index (χ2n) is 3.05. The third kappa shape index (κ3) is 4.22. The fourth-order valence-corrected chi connectivity index (χ4v) is 2.38. The lowest BCUT2D eigenvalue weighted by Gasteiger charge is -2.10. The van der Waals surface area contributed by atoms with E-state index in [0.717, 1.165) is 13.1 Å². The highest BCUT2D eigenvalue weighted by atomic mass is 79.9. The highest BCUT2D eigenvalue weighted by Gasteiger charge is 1.99. The summed E-state index contributed by atoms with van der Waals surface area (Å²) in [4.78, 5) is 1.37. The largest absolute Gasteiger partial charge is 0.316 e. The Labute approximate surface area is 91.9 Å². The van der Waals surface area contributed by atoms with E-state index in [1.807, 2.05) is 7.05 Å². The smallest absolute Gasteiger partial charge is 0.0300 e. The third-order valence-corrected chi connectivity index (χ3v) is 3.56. The van der Waals surface area contributed by atoms with Gasteiger partial charge in [0.1, 0.15) is 0 Å². The van der Waals surface area contributed by atoms with Crippen molar-refractivity contribution in [3.8, 4) is 0 Å². The molecule has 0 amide bonds. The highest BCUT2D eigenvalue weighted by Crippen LogP contribution is 2.19. The Morgan fingerprint density at radius 3 is 2.92 bits per heavy atom. The van der Waals surface area contributed by atoms with Crippen molar-refractivity contribution in [1.29, 1.82) is 0 Å². The first-order valence-corrected chi connectivity index (χ1v) is 6.00. The van der Waals surface area contributed by atoms with Crippen LogP contribution in [-0.4, -0.2) is 19.6 Å². The molecule has 1 unspecified atom stereocenters. The molecule has 0 bridgehead atoms. The summed E-state index contributed by atoms with van der Waals surface area (Å²) >= 11 is 5.22. The number of hydrogen-bond acceptors (Lipinski definition) is 3. The van der Waals surface area contributed by atoms with Gasteiger partial charge in [0, 0.05) is 33.9 Å². The molecule has 1 aromatic heterocycles. The van der Waals surface area contributed by atoms with E-state index in [1.165, 1.54) is 9.35 Å². The van der Waals surface area contributed by atoms with E-state index in [-0.39, 0.29) is 0 Å². The van der Waals surface area contributed by atoms with Crippen LogP contribution in [0.5, 0.6) is 0 Å². The summed E-state index contributed by atoms with van der Waals surface area (Å²) in [5, 5.41) is 8.69. The molecule has 0 fully saturated rings. The van der Waals surface area contributed by atoms with Crippen LogP contribution in [0.25, 0.3) is 0 Å². The quantitative estimate of drug-likeness (QED) is 0.851. The van der Waals surface area contributed by atoms with Crippen LogP contribution in [0.4, 0.5) is 0 Å². The summed E-state index contributed by atoms with van der Waals surface area (Å²) in [6.07, 6.45) is 0.